The predicted octanol–water partition coefficient (Wildman–Crippen LogP) is 2.27. The molecule has 0 aliphatic heterocycles. The number of halogens is 1. The molecule has 0 aromatic heterocycles. The van der Waals surface area contributed by atoms with Gasteiger partial charge in [-0.1, -0.05) is 12.1 Å². The van der Waals surface area contributed by atoms with Gasteiger partial charge in [0.15, 0.2) is 0 Å². The molecule has 0 heterocycles. The van der Waals surface area contributed by atoms with E-state index in [2.05, 4.69) is 5.32 Å². The van der Waals surface area contributed by atoms with Gasteiger partial charge in [-0.2, -0.15) is 0 Å². The fraction of sp³-hybridized carbons (Fsp3) is 0.571. The molecule has 0 saturated carbocycles. The first kappa shape index (κ1) is 14.9. The van der Waals surface area contributed by atoms with Crippen LogP contribution in [0.5, 0.6) is 0 Å². The van der Waals surface area contributed by atoms with Gasteiger partial charge in [-0.25, -0.2) is 4.39 Å². The molecule has 0 aliphatic carbocycles. The summed E-state index contributed by atoms with van der Waals surface area (Å²) in [4.78, 5) is 1.90. The largest absolute Gasteiger partial charge is 0.377 e. The van der Waals surface area contributed by atoms with Crippen LogP contribution in [0.3, 0.4) is 0 Å². The topological polar surface area (TPSA) is 24.5 Å². The number of para-hydroxylation sites is 1. The monoisotopic (exact) mass is 254 g/mol. The van der Waals surface area contributed by atoms with E-state index in [1.165, 1.54) is 6.07 Å². The standard InChI is InChI=1S/C14H23FN2O/c1-14(2,18-5)13(16-3)10-17(4)12-9-7-6-8-11(12)15/h6-9,13,16H,10H2,1-5H3. The molecule has 1 atom stereocenters. The number of hydrogen-bond acceptors (Lipinski definition) is 3. The third-order valence-electron chi connectivity index (χ3n) is 3.43. The Kier molecular flexibility index (Phi) is 5.11. The van der Waals surface area contributed by atoms with Gasteiger partial charge in [0.1, 0.15) is 5.82 Å². The molecule has 1 rings (SSSR count). The van der Waals surface area contributed by atoms with E-state index >= 15 is 0 Å². The number of nitrogens with one attached hydrogen (secondary N) is 1. The van der Waals surface area contributed by atoms with Gasteiger partial charge >= 0.3 is 0 Å². The van der Waals surface area contributed by atoms with E-state index in [1.54, 1.807) is 19.2 Å². The van der Waals surface area contributed by atoms with Gasteiger partial charge < -0.3 is 15.0 Å². The lowest BCUT2D eigenvalue weighted by Crippen LogP contribution is -2.52. The van der Waals surface area contributed by atoms with Gasteiger partial charge in [0.25, 0.3) is 0 Å². The molecule has 18 heavy (non-hydrogen) atoms. The normalized spacial score (nSPS) is 13.4. The maximum Gasteiger partial charge on any atom is 0.146 e. The average molecular weight is 254 g/mol. The SMILES string of the molecule is CNC(CN(C)c1ccccc1F)C(C)(C)OC. The molecule has 0 amide bonds. The fourth-order valence-electron chi connectivity index (χ4n) is 1.93. The number of rotatable bonds is 6. The van der Waals surface area contributed by atoms with Gasteiger partial charge in [-0.05, 0) is 33.0 Å². The van der Waals surface area contributed by atoms with Crippen molar-refractivity contribution in [2.24, 2.45) is 0 Å². The van der Waals surface area contributed by atoms with Crippen LogP contribution in [0.1, 0.15) is 13.8 Å². The maximum atomic E-state index is 13.7. The van der Waals surface area contributed by atoms with Crippen LogP contribution in [0.25, 0.3) is 0 Å². The molecule has 1 aromatic rings. The zero-order valence-corrected chi connectivity index (χ0v) is 11.8. The molecule has 1 aromatic carbocycles. The van der Waals surface area contributed by atoms with Gasteiger partial charge in [0, 0.05) is 20.7 Å². The molecule has 3 nitrogen and oxygen atoms in total. The van der Waals surface area contributed by atoms with Crippen LogP contribution < -0.4 is 10.2 Å². The number of nitrogens with zero attached hydrogens (tertiary/aromatic N) is 1. The Morgan fingerprint density at radius 2 is 2.00 bits per heavy atom. The van der Waals surface area contributed by atoms with E-state index in [-0.39, 0.29) is 17.5 Å². The average Bonchev–Trinajstić information content (AvgIpc) is 2.35. The van der Waals surface area contributed by atoms with Gasteiger partial charge in [0.05, 0.1) is 17.3 Å². The summed E-state index contributed by atoms with van der Waals surface area (Å²) < 4.78 is 19.2. The van der Waals surface area contributed by atoms with Crippen molar-refractivity contribution in [2.45, 2.75) is 25.5 Å². The summed E-state index contributed by atoms with van der Waals surface area (Å²) in [6, 6.07) is 6.89. The van der Waals surface area contributed by atoms with Crippen molar-refractivity contribution in [3.05, 3.63) is 30.1 Å². The van der Waals surface area contributed by atoms with Crippen molar-refractivity contribution < 1.29 is 9.13 Å². The number of benzene rings is 1. The van der Waals surface area contributed by atoms with E-state index in [0.29, 0.717) is 12.2 Å². The van der Waals surface area contributed by atoms with Crippen molar-refractivity contribution in [3.63, 3.8) is 0 Å². The van der Waals surface area contributed by atoms with Crippen LogP contribution >= 0.6 is 0 Å². The Labute approximate surface area is 109 Å². The number of anilines is 1. The van der Waals surface area contributed by atoms with Crippen LogP contribution in [-0.4, -0.2) is 39.4 Å². The van der Waals surface area contributed by atoms with Crippen LogP contribution in [-0.2, 0) is 4.74 Å². The van der Waals surface area contributed by atoms with Crippen LogP contribution in [0.15, 0.2) is 24.3 Å². The Morgan fingerprint density at radius 1 is 1.39 bits per heavy atom. The molecule has 0 saturated heterocycles. The van der Waals surface area contributed by atoms with Crippen molar-refractivity contribution >= 4 is 5.69 Å². The third kappa shape index (κ3) is 3.43. The van der Waals surface area contributed by atoms with Gasteiger partial charge in [-0.15, -0.1) is 0 Å². The van der Waals surface area contributed by atoms with Crippen LogP contribution in [0, 0.1) is 5.82 Å². The third-order valence-corrected chi connectivity index (χ3v) is 3.43. The summed E-state index contributed by atoms with van der Waals surface area (Å²) >= 11 is 0. The lowest BCUT2D eigenvalue weighted by molar-refractivity contribution is -0.00580. The highest BCUT2D eigenvalue weighted by atomic mass is 19.1. The second kappa shape index (κ2) is 6.16. The van der Waals surface area contributed by atoms with Crippen molar-refractivity contribution in [3.8, 4) is 0 Å². The minimum absolute atomic E-state index is 0.104. The Morgan fingerprint density at radius 3 is 2.50 bits per heavy atom. The van der Waals surface area contributed by atoms with E-state index in [0.717, 1.165) is 0 Å². The first-order valence-corrected chi connectivity index (χ1v) is 6.10. The van der Waals surface area contributed by atoms with Crippen molar-refractivity contribution in [2.75, 3.05) is 32.6 Å². The first-order valence-electron chi connectivity index (χ1n) is 6.10. The lowest BCUT2D eigenvalue weighted by atomic mass is 9.98. The molecule has 0 radical (unpaired) electrons. The lowest BCUT2D eigenvalue weighted by Gasteiger charge is -2.36. The molecular weight excluding hydrogens is 231 g/mol. The Bertz CT molecular complexity index is 382. The second-order valence-corrected chi connectivity index (χ2v) is 4.98. The molecule has 0 spiro atoms. The summed E-state index contributed by atoms with van der Waals surface area (Å²) in [6.45, 7) is 4.70. The predicted molar refractivity (Wildman–Crippen MR) is 73.6 cm³/mol. The summed E-state index contributed by atoms with van der Waals surface area (Å²) in [5.74, 6) is -0.204. The molecule has 1 N–H and O–H groups in total. The zero-order chi connectivity index (χ0) is 13.8. The number of ether oxygens (including phenoxy) is 1. The van der Waals surface area contributed by atoms with Gasteiger partial charge in [0.2, 0.25) is 0 Å². The molecular formula is C14H23FN2O. The number of methoxy groups -OCH3 is 1. The highest BCUT2D eigenvalue weighted by Gasteiger charge is 2.29. The van der Waals surface area contributed by atoms with Crippen LogP contribution in [0.4, 0.5) is 10.1 Å². The highest BCUT2D eigenvalue weighted by molar-refractivity contribution is 5.47. The quantitative estimate of drug-likeness (QED) is 0.843. The molecule has 0 fully saturated rings. The summed E-state index contributed by atoms with van der Waals surface area (Å²) in [5.41, 5.74) is 0.290. The summed E-state index contributed by atoms with van der Waals surface area (Å²) in [7, 11) is 5.46. The second-order valence-electron chi connectivity index (χ2n) is 4.98. The summed E-state index contributed by atoms with van der Waals surface area (Å²) in [6.07, 6.45) is 0. The number of likely N-dealkylation sites (N-methyl/N-ethyl adjacent to an activating group) is 2. The van der Waals surface area contributed by atoms with Crippen molar-refractivity contribution in [1.82, 2.24) is 5.32 Å². The molecule has 4 heteroatoms. The van der Waals surface area contributed by atoms with E-state index in [1.807, 2.05) is 38.9 Å². The van der Waals surface area contributed by atoms with E-state index in [4.69, 9.17) is 4.74 Å². The Balaban J connectivity index is 2.80. The molecule has 0 bridgehead atoms. The fourth-order valence-corrected chi connectivity index (χ4v) is 1.93. The molecule has 0 aliphatic rings. The smallest absolute Gasteiger partial charge is 0.146 e. The zero-order valence-electron chi connectivity index (χ0n) is 11.8. The number of hydrogen-bond donors (Lipinski definition) is 1. The van der Waals surface area contributed by atoms with Crippen LogP contribution in [0.2, 0.25) is 0 Å². The maximum absolute atomic E-state index is 13.7. The minimum atomic E-state index is -0.311. The molecule has 102 valence electrons. The first-order chi connectivity index (χ1) is 8.42. The summed E-state index contributed by atoms with van der Waals surface area (Å²) in [5, 5.41) is 3.22. The van der Waals surface area contributed by atoms with Gasteiger partial charge in [-0.3, -0.25) is 0 Å². The van der Waals surface area contributed by atoms with Crippen molar-refractivity contribution in [1.29, 1.82) is 0 Å². The highest BCUT2D eigenvalue weighted by Crippen LogP contribution is 2.20. The van der Waals surface area contributed by atoms with E-state index < -0.39 is 0 Å². The Hall–Kier alpha value is -1.13. The molecule has 1 unspecified atom stereocenters. The van der Waals surface area contributed by atoms with E-state index in [9.17, 15) is 4.39 Å². The minimum Gasteiger partial charge on any atom is -0.377 e.